The number of carboxylic acids is 2. The van der Waals surface area contributed by atoms with Gasteiger partial charge in [0.2, 0.25) is 0 Å². The molecule has 0 rings (SSSR count). The third-order valence-corrected chi connectivity index (χ3v) is 1.03. The number of halogens is 1. The predicted molar refractivity (Wildman–Crippen MR) is 49.0 cm³/mol. The Hall–Kier alpha value is -0.00377. The van der Waals surface area contributed by atoms with Crippen molar-refractivity contribution in [1.82, 2.24) is 0 Å². The Kier molecular flexibility index (Phi) is 16.4. The van der Waals surface area contributed by atoms with Gasteiger partial charge in [-0.05, 0) is 12.8 Å². The number of rotatable bonds is 5. The number of unbranched alkanes of at least 4 members (excludes halogenated alkanes) is 1. The molecule has 0 atom stereocenters. The van der Waals surface area contributed by atoms with Crippen LogP contribution in [0.4, 0.5) is 0 Å². The Morgan fingerprint density at radius 3 is 1.42 bits per heavy atom. The molecule has 2 N–H and O–H groups in total. The molecule has 4 nitrogen and oxygen atoms in total. The molecule has 0 unspecified atom stereocenters. The fourth-order valence-electron chi connectivity index (χ4n) is 0.552. The van der Waals surface area contributed by atoms with Gasteiger partial charge in [-0.25, -0.2) is 0 Å². The maximum Gasteiger partial charge on any atom is 2.00 e. The van der Waals surface area contributed by atoms with Gasteiger partial charge in [-0.2, -0.15) is 0 Å². The molecule has 0 aliphatic rings. The van der Waals surface area contributed by atoms with Gasteiger partial charge < -0.3 is 13.1 Å². The van der Waals surface area contributed by atoms with Crippen molar-refractivity contribution in [1.29, 1.82) is 0 Å². The van der Waals surface area contributed by atoms with Crippen molar-refractivity contribution < 1.29 is 22.7 Å². The molecule has 0 aliphatic heterocycles. The summed E-state index contributed by atoms with van der Waals surface area (Å²) >= 11 is 0. The van der Waals surface area contributed by atoms with E-state index in [0.717, 1.165) is 0 Å². The van der Waals surface area contributed by atoms with E-state index >= 15 is 0 Å². The summed E-state index contributed by atoms with van der Waals surface area (Å²) in [5.74, 6) is -1.74. The average Bonchev–Trinajstić information content (AvgIpc) is 1.79. The molecule has 0 amide bonds. The molecule has 12 heavy (non-hydrogen) atoms. The monoisotopic (exact) mass is 208 g/mol. The van der Waals surface area contributed by atoms with Gasteiger partial charge in [0.15, 0.2) is 0 Å². The smallest absolute Gasteiger partial charge is 1.00 e. The van der Waals surface area contributed by atoms with Crippen LogP contribution in [0.25, 0.3) is 0 Å². The fourth-order valence-corrected chi connectivity index (χ4v) is 0.552. The maximum absolute atomic E-state index is 9.90. The zero-order valence-electron chi connectivity index (χ0n) is 8.65. The van der Waals surface area contributed by atoms with E-state index in [4.69, 9.17) is 10.2 Å². The SMILES string of the molecule is Cl.O=C(O)CCCCC(=O)O.[H-].[H-].[Mg+2]. The van der Waals surface area contributed by atoms with Gasteiger partial charge in [-0.1, -0.05) is 0 Å². The van der Waals surface area contributed by atoms with Crippen LogP contribution in [-0.4, -0.2) is 45.2 Å². The number of hydrogen-bond donors (Lipinski definition) is 2. The summed E-state index contributed by atoms with van der Waals surface area (Å²) in [5.41, 5.74) is 0. The normalized spacial score (nSPS) is 7.67. The Labute approximate surface area is 95.9 Å². The first-order valence-corrected chi connectivity index (χ1v) is 3.06. The Morgan fingerprint density at radius 1 is 1.00 bits per heavy atom. The Balaban J connectivity index is -0.0000000675. The second kappa shape index (κ2) is 11.0. The molecule has 0 spiro atoms. The molecule has 0 aliphatic carbocycles. The zero-order chi connectivity index (χ0) is 7.98. The summed E-state index contributed by atoms with van der Waals surface area (Å²) in [7, 11) is 0. The molecule has 0 heterocycles. The van der Waals surface area contributed by atoms with E-state index in [1.807, 2.05) is 0 Å². The standard InChI is InChI=1S/C6H10O4.ClH.Mg.2H/c7-5(8)3-1-2-4-6(9)10;;;;/h1-4H2,(H,7,8)(H,9,10);1H;;;/q;;+2;2*-1. The molecular formula is C6H13ClMgO4. The van der Waals surface area contributed by atoms with E-state index in [9.17, 15) is 9.59 Å². The van der Waals surface area contributed by atoms with Crippen LogP contribution >= 0.6 is 12.4 Å². The van der Waals surface area contributed by atoms with E-state index in [-0.39, 0.29) is 51.2 Å². The third kappa shape index (κ3) is 16.5. The van der Waals surface area contributed by atoms with Crippen LogP contribution in [0.2, 0.25) is 0 Å². The second-order valence-corrected chi connectivity index (χ2v) is 1.99. The van der Waals surface area contributed by atoms with Gasteiger partial charge in [-0.3, -0.25) is 9.59 Å². The molecule has 0 aromatic carbocycles. The molecule has 0 aromatic rings. The predicted octanol–water partition coefficient (Wildman–Crippen LogP) is 0.982. The Bertz CT molecular complexity index is 132. The van der Waals surface area contributed by atoms with Crippen molar-refractivity contribution in [3.63, 3.8) is 0 Å². The van der Waals surface area contributed by atoms with Gasteiger partial charge in [-0.15, -0.1) is 12.4 Å². The summed E-state index contributed by atoms with van der Waals surface area (Å²) in [6.07, 6.45) is 1.02. The van der Waals surface area contributed by atoms with E-state index in [1.54, 1.807) is 0 Å². The number of carboxylic acid groups (broad SMARTS) is 2. The summed E-state index contributed by atoms with van der Waals surface area (Å²) in [6.45, 7) is 0. The minimum Gasteiger partial charge on any atom is -1.00 e. The van der Waals surface area contributed by atoms with Gasteiger partial charge in [0.05, 0.1) is 0 Å². The molecule has 0 aromatic heterocycles. The molecule has 6 heteroatoms. The third-order valence-electron chi connectivity index (χ3n) is 1.03. The molecule has 0 bridgehead atoms. The molecule has 70 valence electrons. The number of hydrogen-bond acceptors (Lipinski definition) is 2. The summed E-state index contributed by atoms with van der Waals surface area (Å²) in [6, 6.07) is 0. The molecule has 0 fully saturated rings. The van der Waals surface area contributed by atoms with Gasteiger partial charge in [0, 0.05) is 12.8 Å². The van der Waals surface area contributed by atoms with Crippen LogP contribution in [0.5, 0.6) is 0 Å². The topological polar surface area (TPSA) is 74.6 Å². The first-order chi connectivity index (χ1) is 4.63. The van der Waals surface area contributed by atoms with Crippen molar-refractivity contribution in [3.8, 4) is 0 Å². The molecule has 0 radical (unpaired) electrons. The van der Waals surface area contributed by atoms with Gasteiger partial charge >= 0.3 is 35.0 Å². The van der Waals surface area contributed by atoms with Crippen molar-refractivity contribution in [2.24, 2.45) is 0 Å². The second-order valence-electron chi connectivity index (χ2n) is 1.99. The van der Waals surface area contributed by atoms with E-state index in [0.29, 0.717) is 12.8 Å². The zero-order valence-corrected chi connectivity index (χ0v) is 8.89. The van der Waals surface area contributed by atoms with E-state index in [1.165, 1.54) is 0 Å². The van der Waals surface area contributed by atoms with Crippen LogP contribution in [0.3, 0.4) is 0 Å². The minimum atomic E-state index is -0.870. The molecular weight excluding hydrogens is 196 g/mol. The van der Waals surface area contributed by atoms with Crippen LogP contribution in [0, 0.1) is 0 Å². The van der Waals surface area contributed by atoms with Crippen LogP contribution in [0.1, 0.15) is 28.5 Å². The number of aliphatic carboxylic acids is 2. The van der Waals surface area contributed by atoms with Crippen molar-refractivity contribution in [2.75, 3.05) is 0 Å². The van der Waals surface area contributed by atoms with Crippen molar-refractivity contribution in [2.45, 2.75) is 25.7 Å². The fraction of sp³-hybridized carbons (Fsp3) is 0.667. The molecule has 0 saturated carbocycles. The van der Waals surface area contributed by atoms with Crippen LogP contribution in [0.15, 0.2) is 0 Å². The quantitative estimate of drug-likeness (QED) is 0.522. The minimum absolute atomic E-state index is 0. The maximum atomic E-state index is 9.90. The first kappa shape index (κ1) is 17.9. The van der Waals surface area contributed by atoms with Crippen LogP contribution in [-0.2, 0) is 9.59 Å². The average molecular weight is 209 g/mol. The first-order valence-electron chi connectivity index (χ1n) is 3.06. The van der Waals surface area contributed by atoms with E-state index < -0.39 is 11.9 Å². The summed E-state index contributed by atoms with van der Waals surface area (Å²) < 4.78 is 0. The summed E-state index contributed by atoms with van der Waals surface area (Å²) in [4.78, 5) is 19.8. The van der Waals surface area contributed by atoms with Gasteiger partial charge in [0.1, 0.15) is 0 Å². The van der Waals surface area contributed by atoms with Crippen LogP contribution < -0.4 is 0 Å². The largest absolute Gasteiger partial charge is 2.00 e. The summed E-state index contributed by atoms with van der Waals surface area (Å²) in [5, 5.41) is 16.3. The van der Waals surface area contributed by atoms with Crippen molar-refractivity contribution >= 4 is 47.4 Å². The van der Waals surface area contributed by atoms with E-state index in [2.05, 4.69) is 0 Å². The number of carbonyl (C=O) groups is 2. The van der Waals surface area contributed by atoms with Crippen molar-refractivity contribution in [3.05, 3.63) is 0 Å². The molecule has 0 saturated heterocycles. The van der Waals surface area contributed by atoms with Gasteiger partial charge in [0.25, 0.3) is 0 Å². The Morgan fingerprint density at radius 2 is 1.25 bits per heavy atom.